The summed E-state index contributed by atoms with van der Waals surface area (Å²) in [6, 6.07) is 15.2. The van der Waals surface area contributed by atoms with E-state index in [9.17, 15) is 13.2 Å². The van der Waals surface area contributed by atoms with Gasteiger partial charge in [0.15, 0.2) is 0 Å². The Morgan fingerprint density at radius 2 is 1.67 bits per heavy atom. The summed E-state index contributed by atoms with van der Waals surface area (Å²) in [6.07, 6.45) is 0.994. The molecule has 5 aromatic rings. The van der Waals surface area contributed by atoms with Crippen LogP contribution in [0.2, 0.25) is 10.0 Å². The Kier molecular flexibility index (Phi) is 8.61. The van der Waals surface area contributed by atoms with Gasteiger partial charge in [0.2, 0.25) is 0 Å². The second kappa shape index (κ2) is 12.1. The van der Waals surface area contributed by atoms with Crippen molar-refractivity contribution in [3.05, 3.63) is 98.4 Å². The van der Waals surface area contributed by atoms with Gasteiger partial charge in [0.1, 0.15) is 11.4 Å². The maximum Gasteiger partial charge on any atom is 0.281 e. The molecular weight excluding hydrogens is 607 g/mol. The first-order valence-corrected chi connectivity index (χ1v) is 16.0. The van der Waals surface area contributed by atoms with Crippen LogP contribution in [-0.4, -0.2) is 35.7 Å². The fourth-order valence-electron chi connectivity index (χ4n) is 5.39. The van der Waals surface area contributed by atoms with Crippen molar-refractivity contribution < 1.29 is 17.9 Å². The van der Waals surface area contributed by atoms with Crippen LogP contribution in [-0.2, 0) is 23.5 Å². The van der Waals surface area contributed by atoms with Crippen molar-refractivity contribution in [1.29, 1.82) is 0 Å². The molecule has 0 aliphatic rings. The van der Waals surface area contributed by atoms with Gasteiger partial charge < -0.3 is 9.72 Å². The van der Waals surface area contributed by atoms with Crippen LogP contribution in [0, 0.1) is 27.7 Å². The third-order valence-electron chi connectivity index (χ3n) is 7.55. The summed E-state index contributed by atoms with van der Waals surface area (Å²) in [4.78, 5) is 16.9. The van der Waals surface area contributed by atoms with Gasteiger partial charge in [-0.2, -0.15) is 5.10 Å². The minimum Gasteiger partial charge on any atom is -0.494 e. The molecule has 5 rings (SSSR count). The number of aromatic amines is 1. The highest BCUT2D eigenvalue weighted by Gasteiger charge is 2.26. The predicted molar refractivity (Wildman–Crippen MR) is 171 cm³/mol. The number of nitrogens with zero attached hydrogens (tertiary/aromatic N) is 2. The smallest absolute Gasteiger partial charge is 0.281 e. The normalized spacial score (nSPS) is 11.7. The molecule has 43 heavy (non-hydrogen) atoms. The minimum atomic E-state index is -4.11. The SMILES string of the molecule is Cc1cc(OCCCc2c(C(=O)NS(=O)(=O)c3ccccc3)[nH]c3c(-c4c(C)nn(C)c4C)c(Cl)ccc23)cc(C)c1Cl. The van der Waals surface area contributed by atoms with Crippen LogP contribution in [0.15, 0.2) is 59.5 Å². The van der Waals surface area contributed by atoms with E-state index in [1.807, 2.05) is 52.9 Å². The molecule has 0 saturated heterocycles. The van der Waals surface area contributed by atoms with Crippen molar-refractivity contribution in [3.63, 3.8) is 0 Å². The van der Waals surface area contributed by atoms with E-state index < -0.39 is 15.9 Å². The number of aryl methyl sites for hydroxylation is 5. The molecular formula is C32H32Cl2N4O4S. The van der Waals surface area contributed by atoms with Crippen LogP contribution in [0.3, 0.4) is 0 Å². The Morgan fingerprint density at radius 3 is 2.30 bits per heavy atom. The molecule has 2 aromatic heterocycles. The number of H-pyrrole nitrogens is 1. The number of hydrogen-bond donors (Lipinski definition) is 2. The standard InChI is InChI=1S/C32H32Cl2N4O4S/c1-18-16-22(17-19(2)29(18)34)42-15-9-12-24-25-13-14-26(33)28(27-20(3)36-38(5)21(27)4)30(25)35-31(24)32(39)37-43(40,41)23-10-7-6-8-11-23/h6-8,10-11,13-14,16-17,35H,9,12,15H2,1-5H3,(H,37,39). The lowest BCUT2D eigenvalue weighted by molar-refractivity contribution is 0.0976. The minimum absolute atomic E-state index is 0.00620. The zero-order valence-electron chi connectivity index (χ0n) is 24.5. The summed E-state index contributed by atoms with van der Waals surface area (Å²) in [6.45, 7) is 8.08. The molecule has 0 fully saturated rings. The van der Waals surface area contributed by atoms with Crippen LogP contribution >= 0.6 is 23.2 Å². The van der Waals surface area contributed by atoms with E-state index in [0.29, 0.717) is 51.9 Å². The third kappa shape index (κ3) is 6.02. The van der Waals surface area contributed by atoms with E-state index in [0.717, 1.165) is 33.5 Å². The molecule has 2 N–H and O–H groups in total. The van der Waals surface area contributed by atoms with Gasteiger partial charge in [0.05, 0.1) is 27.7 Å². The monoisotopic (exact) mass is 638 g/mol. The van der Waals surface area contributed by atoms with Crippen molar-refractivity contribution in [2.45, 2.75) is 45.4 Å². The Morgan fingerprint density at radius 1 is 1.00 bits per heavy atom. The molecule has 0 radical (unpaired) electrons. The number of aromatic nitrogens is 3. The predicted octanol–water partition coefficient (Wildman–Crippen LogP) is 7.24. The molecule has 0 spiro atoms. The van der Waals surface area contributed by atoms with Gasteiger partial charge in [-0.25, -0.2) is 13.1 Å². The van der Waals surface area contributed by atoms with E-state index in [-0.39, 0.29) is 10.6 Å². The highest BCUT2D eigenvalue weighted by molar-refractivity contribution is 7.90. The van der Waals surface area contributed by atoms with Crippen molar-refractivity contribution in [1.82, 2.24) is 19.5 Å². The number of amides is 1. The van der Waals surface area contributed by atoms with Gasteiger partial charge in [-0.3, -0.25) is 9.48 Å². The Labute approximate surface area is 261 Å². The van der Waals surface area contributed by atoms with Crippen molar-refractivity contribution >= 4 is 50.0 Å². The average Bonchev–Trinajstić information content (AvgIpc) is 3.45. The van der Waals surface area contributed by atoms with Crippen LogP contribution < -0.4 is 9.46 Å². The van der Waals surface area contributed by atoms with E-state index in [1.54, 1.807) is 28.9 Å². The number of nitrogens with one attached hydrogen (secondary N) is 2. The highest BCUT2D eigenvalue weighted by atomic mass is 35.5. The fraction of sp³-hybridized carbons (Fsp3) is 0.250. The summed E-state index contributed by atoms with van der Waals surface area (Å²) in [5.74, 6) is -0.0523. The molecule has 0 unspecified atom stereocenters. The molecule has 8 nitrogen and oxygen atoms in total. The number of carbonyl (C=O) groups is 1. The molecule has 1 amide bonds. The zero-order valence-corrected chi connectivity index (χ0v) is 26.8. The molecule has 0 saturated carbocycles. The maximum absolute atomic E-state index is 13.6. The second-order valence-corrected chi connectivity index (χ2v) is 13.0. The fourth-order valence-corrected chi connectivity index (χ4v) is 6.73. The van der Waals surface area contributed by atoms with E-state index >= 15 is 0 Å². The largest absolute Gasteiger partial charge is 0.494 e. The van der Waals surface area contributed by atoms with Gasteiger partial charge in [-0.05, 0) is 87.6 Å². The van der Waals surface area contributed by atoms with E-state index in [4.69, 9.17) is 27.9 Å². The number of benzene rings is 3. The first kappa shape index (κ1) is 30.7. The summed E-state index contributed by atoms with van der Waals surface area (Å²) in [5.41, 5.74) is 6.55. The lowest BCUT2D eigenvalue weighted by Crippen LogP contribution is -2.31. The number of hydrogen-bond acceptors (Lipinski definition) is 5. The van der Waals surface area contributed by atoms with Gasteiger partial charge in [0.25, 0.3) is 15.9 Å². The third-order valence-corrected chi connectivity index (χ3v) is 9.81. The van der Waals surface area contributed by atoms with Crippen LogP contribution in [0.5, 0.6) is 5.75 Å². The Hall–Kier alpha value is -3.79. The number of ether oxygens (including phenoxy) is 1. The van der Waals surface area contributed by atoms with Gasteiger partial charge in [-0.15, -0.1) is 0 Å². The second-order valence-electron chi connectivity index (χ2n) is 10.6. The summed E-state index contributed by atoms with van der Waals surface area (Å²) < 4.78 is 36.2. The summed E-state index contributed by atoms with van der Waals surface area (Å²) in [5, 5.41) is 6.51. The van der Waals surface area contributed by atoms with Crippen molar-refractivity contribution in [2.75, 3.05) is 6.61 Å². The summed E-state index contributed by atoms with van der Waals surface area (Å²) in [7, 11) is -2.25. The van der Waals surface area contributed by atoms with Gasteiger partial charge in [-0.1, -0.05) is 47.5 Å². The molecule has 11 heteroatoms. The lowest BCUT2D eigenvalue weighted by atomic mass is 9.98. The molecule has 224 valence electrons. The van der Waals surface area contributed by atoms with Crippen molar-refractivity contribution in [3.8, 4) is 16.9 Å². The first-order valence-electron chi connectivity index (χ1n) is 13.7. The topological polar surface area (TPSA) is 106 Å². The number of halogens is 2. The molecule has 3 aromatic carbocycles. The highest BCUT2D eigenvalue weighted by Crippen LogP contribution is 2.40. The molecule has 0 atom stereocenters. The Bertz CT molecular complexity index is 1940. The maximum atomic E-state index is 13.6. The van der Waals surface area contributed by atoms with Gasteiger partial charge in [0, 0.05) is 34.3 Å². The first-order chi connectivity index (χ1) is 20.4. The lowest BCUT2D eigenvalue weighted by Gasteiger charge is -2.11. The van der Waals surface area contributed by atoms with E-state index in [2.05, 4.69) is 14.8 Å². The molecule has 2 heterocycles. The number of sulfonamides is 1. The van der Waals surface area contributed by atoms with E-state index in [1.165, 1.54) is 12.1 Å². The number of rotatable bonds is 9. The number of fused-ring (bicyclic) bond motifs is 1. The van der Waals surface area contributed by atoms with Gasteiger partial charge >= 0.3 is 0 Å². The molecule has 0 aliphatic carbocycles. The van der Waals surface area contributed by atoms with Crippen molar-refractivity contribution in [2.24, 2.45) is 7.05 Å². The summed E-state index contributed by atoms with van der Waals surface area (Å²) >= 11 is 13.1. The van der Waals surface area contributed by atoms with Crippen LogP contribution in [0.4, 0.5) is 0 Å². The number of carbonyl (C=O) groups excluding carboxylic acids is 1. The van der Waals surface area contributed by atoms with Crippen LogP contribution in [0.1, 0.15) is 45.0 Å². The van der Waals surface area contributed by atoms with Crippen LogP contribution in [0.25, 0.3) is 22.0 Å². The molecule has 0 aliphatic heterocycles. The quantitative estimate of drug-likeness (QED) is 0.166. The molecule has 0 bridgehead atoms. The Balaban J connectivity index is 1.54. The average molecular weight is 640 g/mol. The zero-order chi connectivity index (χ0) is 31.1.